The maximum Gasteiger partial charge on any atom is 0.261 e. The van der Waals surface area contributed by atoms with Gasteiger partial charge in [0.2, 0.25) is 0 Å². The number of benzene rings is 1. The second kappa shape index (κ2) is 5.15. The molecule has 1 aromatic heterocycles. The molecule has 0 radical (unpaired) electrons. The van der Waals surface area contributed by atoms with Crippen LogP contribution in [0, 0.1) is 5.92 Å². The highest BCUT2D eigenvalue weighted by Crippen LogP contribution is 2.36. The second-order valence-electron chi connectivity index (χ2n) is 5.63. The van der Waals surface area contributed by atoms with Gasteiger partial charge in [-0.1, -0.05) is 24.9 Å². The van der Waals surface area contributed by atoms with E-state index in [0.29, 0.717) is 23.3 Å². The van der Waals surface area contributed by atoms with Gasteiger partial charge >= 0.3 is 0 Å². The SMILES string of the molecule is CC1CCCC(c2noc(-c3ccc(O)cc3O)n2)C1. The van der Waals surface area contributed by atoms with E-state index in [1.54, 1.807) is 6.07 Å². The van der Waals surface area contributed by atoms with Gasteiger partial charge in [-0.3, -0.25) is 0 Å². The average molecular weight is 274 g/mol. The molecule has 5 nitrogen and oxygen atoms in total. The Morgan fingerprint density at radius 1 is 1.25 bits per heavy atom. The first-order chi connectivity index (χ1) is 9.63. The summed E-state index contributed by atoms with van der Waals surface area (Å²) in [6.07, 6.45) is 4.63. The van der Waals surface area contributed by atoms with E-state index in [1.165, 1.54) is 25.0 Å². The first-order valence-electron chi connectivity index (χ1n) is 6.99. The maximum atomic E-state index is 9.82. The molecule has 2 aromatic rings. The highest BCUT2D eigenvalue weighted by atomic mass is 16.5. The zero-order valence-electron chi connectivity index (χ0n) is 11.4. The Morgan fingerprint density at radius 2 is 2.10 bits per heavy atom. The van der Waals surface area contributed by atoms with Crippen molar-refractivity contribution in [2.24, 2.45) is 5.92 Å². The molecule has 0 aliphatic heterocycles. The predicted octanol–water partition coefficient (Wildman–Crippen LogP) is 3.44. The van der Waals surface area contributed by atoms with E-state index < -0.39 is 0 Å². The number of aromatic nitrogens is 2. The number of aromatic hydroxyl groups is 2. The predicted molar refractivity (Wildman–Crippen MR) is 73.4 cm³/mol. The third-order valence-electron chi connectivity index (χ3n) is 3.96. The fourth-order valence-corrected chi connectivity index (χ4v) is 2.88. The van der Waals surface area contributed by atoms with Crippen LogP contribution in [0.5, 0.6) is 11.5 Å². The molecule has 1 aliphatic carbocycles. The van der Waals surface area contributed by atoms with Crippen molar-refractivity contribution < 1.29 is 14.7 Å². The number of rotatable bonds is 2. The highest BCUT2D eigenvalue weighted by molar-refractivity contribution is 5.63. The summed E-state index contributed by atoms with van der Waals surface area (Å²) in [7, 11) is 0. The molecule has 0 bridgehead atoms. The van der Waals surface area contributed by atoms with Crippen molar-refractivity contribution >= 4 is 0 Å². The molecule has 2 atom stereocenters. The standard InChI is InChI=1S/C15H18N2O3/c1-9-3-2-4-10(7-9)14-16-15(20-17-14)12-6-5-11(18)8-13(12)19/h5-6,8-10,18-19H,2-4,7H2,1H3. The molecule has 1 fully saturated rings. The maximum absolute atomic E-state index is 9.82. The first kappa shape index (κ1) is 13.0. The Hall–Kier alpha value is -2.04. The molecular formula is C15H18N2O3. The summed E-state index contributed by atoms with van der Waals surface area (Å²) in [4.78, 5) is 4.41. The number of nitrogens with zero attached hydrogens (tertiary/aromatic N) is 2. The van der Waals surface area contributed by atoms with Gasteiger partial charge in [0.1, 0.15) is 11.5 Å². The number of hydrogen-bond acceptors (Lipinski definition) is 5. The normalized spacial score (nSPS) is 22.9. The fraction of sp³-hybridized carbons (Fsp3) is 0.467. The molecule has 106 valence electrons. The molecule has 20 heavy (non-hydrogen) atoms. The molecule has 0 spiro atoms. The molecule has 0 amide bonds. The van der Waals surface area contributed by atoms with Crippen LogP contribution in [-0.2, 0) is 0 Å². The summed E-state index contributed by atoms with van der Waals surface area (Å²) >= 11 is 0. The van der Waals surface area contributed by atoms with Gasteiger partial charge in [0.05, 0.1) is 5.56 Å². The minimum absolute atomic E-state index is 0.00657. The van der Waals surface area contributed by atoms with E-state index >= 15 is 0 Å². The molecule has 0 saturated heterocycles. The van der Waals surface area contributed by atoms with Gasteiger partial charge in [-0.15, -0.1) is 0 Å². The van der Waals surface area contributed by atoms with Crippen molar-refractivity contribution in [1.29, 1.82) is 0 Å². The molecule has 5 heteroatoms. The summed E-state index contributed by atoms with van der Waals surface area (Å²) in [5, 5.41) is 23.2. The van der Waals surface area contributed by atoms with E-state index in [9.17, 15) is 10.2 Å². The van der Waals surface area contributed by atoms with E-state index in [0.717, 1.165) is 18.7 Å². The summed E-state index contributed by atoms with van der Waals surface area (Å²) < 4.78 is 5.26. The topological polar surface area (TPSA) is 79.4 Å². The zero-order chi connectivity index (χ0) is 14.1. The Balaban J connectivity index is 1.86. The van der Waals surface area contributed by atoms with Crippen LogP contribution in [-0.4, -0.2) is 20.4 Å². The Bertz CT molecular complexity index is 609. The molecule has 1 saturated carbocycles. The van der Waals surface area contributed by atoms with Crippen molar-refractivity contribution in [3.05, 3.63) is 24.0 Å². The molecule has 2 unspecified atom stereocenters. The lowest BCUT2D eigenvalue weighted by atomic mass is 9.82. The Labute approximate surface area is 117 Å². The lowest BCUT2D eigenvalue weighted by molar-refractivity contribution is 0.324. The molecule has 1 heterocycles. The lowest BCUT2D eigenvalue weighted by Gasteiger charge is -2.23. The van der Waals surface area contributed by atoms with Gasteiger partial charge in [0.15, 0.2) is 5.82 Å². The first-order valence-corrected chi connectivity index (χ1v) is 6.99. The van der Waals surface area contributed by atoms with Gasteiger partial charge in [0.25, 0.3) is 5.89 Å². The third-order valence-corrected chi connectivity index (χ3v) is 3.96. The number of phenolic OH excluding ortho intramolecular Hbond substituents is 2. The van der Waals surface area contributed by atoms with Gasteiger partial charge in [-0.25, -0.2) is 0 Å². The number of hydrogen-bond donors (Lipinski definition) is 2. The highest BCUT2D eigenvalue weighted by Gasteiger charge is 2.25. The Kier molecular flexibility index (Phi) is 3.34. The summed E-state index contributed by atoms with van der Waals surface area (Å²) in [5.74, 6) is 2.01. The van der Waals surface area contributed by atoms with Crippen molar-refractivity contribution in [3.8, 4) is 23.0 Å². The van der Waals surface area contributed by atoms with Crippen LogP contribution in [0.1, 0.15) is 44.3 Å². The molecule has 2 N–H and O–H groups in total. The van der Waals surface area contributed by atoms with E-state index in [2.05, 4.69) is 17.1 Å². The average Bonchev–Trinajstić information content (AvgIpc) is 2.88. The largest absolute Gasteiger partial charge is 0.508 e. The number of phenols is 2. The minimum atomic E-state index is -0.0581. The summed E-state index contributed by atoms with van der Waals surface area (Å²) in [6.45, 7) is 2.25. The van der Waals surface area contributed by atoms with Gasteiger partial charge in [0, 0.05) is 12.0 Å². The van der Waals surface area contributed by atoms with Crippen LogP contribution < -0.4 is 0 Å². The third kappa shape index (κ3) is 2.48. The van der Waals surface area contributed by atoms with E-state index in [1.807, 2.05) is 0 Å². The second-order valence-corrected chi connectivity index (χ2v) is 5.63. The van der Waals surface area contributed by atoms with Crippen molar-refractivity contribution in [1.82, 2.24) is 10.1 Å². The molecule has 3 rings (SSSR count). The van der Waals surface area contributed by atoms with Crippen LogP contribution >= 0.6 is 0 Å². The fourth-order valence-electron chi connectivity index (χ4n) is 2.88. The smallest absolute Gasteiger partial charge is 0.261 e. The molecule has 1 aromatic carbocycles. The summed E-state index contributed by atoms with van der Waals surface area (Å²) in [5.41, 5.74) is 0.449. The minimum Gasteiger partial charge on any atom is -0.508 e. The van der Waals surface area contributed by atoms with Gasteiger partial charge < -0.3 is 14.7 Å². The summed E-state index contributed by atoms with van der Waals surface area (Å²) in [6, 6.07) is 4.33. The van der Waals surface area contributed by atoms with Crippen molar-refractivity contribution in [2.75, 3.05) is 0 Å². The van der Waals surface area contributed by atoms with Crippen LogP contribution in [0.15, 0.2) is 22.7 Å². The van der Waals surface area contributed by atoms with Crippen molar-refractivity contribution in [2.45, 2.75) is 38.5 Å². The van der Waals surface area contributed by atoms with Crippen LogP contribution in [0.25, 0.3) is 11.5 Å². The zero-order valence-corrected chi connectivity index (χ0v) is 11.4. The quantitative estimate of drug-likeness (QED) is 0.876. The lowest BCUT2D eigenvalue weighted by Crippen LogP contribution is -2.12. The Morgan fingerprint density at radius 3 is 2.85 bits per heavy atom. The van der Waals surface area contributed by atoms with Gasteiger partial charge in [-0.05, 0) is 30.9 Å². The van der Waals surface area contributed by atoms with E-state index in [-0.39, 0.29) is 11.5 Å². The van der Waals surface area contributed by atoms with Crippen LogP contribution in [0.2, 0.25) is 0 Å². The molecule has 1 aliphatic rings. The van der Waals surface area contributed by atoms with Crippen LogP contribution in [0.4, 0.5) is 0 Å². The van der Waals surface area contributed by atoms with Crippen molar-refractivity contribution in [3.63, 3.8) is 0 Å². The molecular weight excluding hydrogens is 256 g/mol. The van der Waals surface area contributed by atoms with E-state index in [4.69, 9.17) is 4.52 Å². The monoisotopic (exact) mass is 274 g/mol. The van der Waals surface area contributed by atoms with Crippen LogP contribution in [0.3, 0.4) is 0 Å². The van der Waals surface area contributed by atoms with Gasteiger partial charge in [-0.2, -0.15) is 4.98 Å².